The molecule has 0 atom stereocenters. The van der Waals surface area contributed by atoms with Gasteiger partial charge in [-0.05, 0) is 47.0 Å². The van der Waals surface area contributed by atoms with Gasteiger partial charge in [-0.2, -0.15) is 0 Å². The third-order valence-corrected chi connectivity index (χ3v) is 2.53. The van der Waals surface area contributed by atoms with Crippen LogP contribution in [-0.4, -0.2) is 23.7 Å². The van der Waals surface area contributed by atoms with E-state index >= 15 is 0 Å². The Balaban J connectivity index is 2.22. The highest BCUT2D eigenvalue weighted by Gasteiger charge is 2.33. The fourth-order valence-corrected chi connectivity index (χ4v) is 1.49. The van der Waals surface area contributed by atoms with E-state index in [1.165, 1.54) is 6.42 Å². The lowest BCUT2D eigenvalue weighted by Gasteiger charge is -2.39. The van der Waals surface area contributed by atoms with Crippen LogP contribution in [0.25, 0.3) is 0 Å². The number of carbonyl (C=O) groups excluding carboxylic acids is 1. The van der Waals surface area contributed by atoms with Gasteiger partial charge in [0.2, 0.25) is 5.91 Å². The average molecular weight is 199 g/mol. The molecule has 0 aromatic carbocycles. The number of hydrogen-bond acceptors (Lipinski definition) is 2. The molecule has 0 heterocycles. The van der Waals surface area contributed by atoms with Gasteiger partial charge in [0.05, 0.1) is 5.60 Å². The molecule has 82 valence electrons. The van der Waals surface area contributed by atoms with E-state index in [4.69, 9.17) is 4.74 Å². The van der Waals surface area contributed by atoms with E-state index in [9.17, 15) is 4.79 Å². The van der Waals surface area contributed by atoms with Crippen molar-refractivity contribution in [3.8, 4) is 0 Å². The van der Waals surface area contributed by atoms with Crippen LogP contribution in [0.4, 0.5) is 0 Å². The molecule has 14 heavy (non-hydrogen) atoms. The zero-order valence-corrected chi connectivity index (χ0v) is 9.64. The van der Waals surface area contributed by atoms with Crippen LogP contribution in [0.1, 0.15) is 47.0 Å². The largest absolute Gasteiger partial charge is 0.366 e. The fourth-order valence-electron chi connectivity index (χ4n) is 1.49. The van der Waals surface area contributed by atoms with Gasteiger partial charge < -0.3 is 10.1 Å². The summed E-state index contributed by atoms with van der Waals surface area (Å²) in [7, 11) is 0. The molecule has 0 radical (unpaired) electrons. The molecule has 3 nitrogen and oxygen atoms in total. The van der Waals surface area contributed by atoms with Crippen LogP contribution in [-0.2, 0) is 9.53 Å². The van der Waals surface area contributed by atoms with Crippen LogP contribution in [0.3, 0.4) is 0 Å². The molecule has 0 unspecified atom stereocenters. The molecule has 1 N–H and O–H groups in total. The van der Waals surface area contributed by atoms with Crippen molar-refractivity contribution in [1.29, 1.82) is 0 Å². The van der Waals surface area contributed by atoms with Crippen LogP contribution >= 0.6 is 0 Å². The van der Waals surface area contributed by atoms with E-state index in [2.05, 4.69) is 12.2 Å². The predicted molar refractivity (Wildman–Crippen MR) is 56.1 cm³/mol. The van der Waals surface area contributed by atoms with Crippen molar-refractivity contribution in [3.63, 3.8) is 0 Å². The Morgan fingerprint density at radius 3 is 2.36 bits per heavy atom. The third-order valence-electron chi connectivity index (χ3n) is 2.53. The van der Waals surface area contributed by atoms with Gasteiger partial charge in [0, 0.05) is 5.54 Å². The second-order valence-electron chi connectivity index (χ2n) is 5.36. The minimum Gasteiger partial charge on any atom is -0.366 e. The first-order valence-corrected chi connectivity index (χ1v) is 5.26. The Morgan fingerprint density at radius 2 is 2.00 bits per heavy atom. The fraction of sp³-hybridized carbons (Fsp3) is 0.909. The van der Waals surface area contributed by atoms with E-state index in [1.54, 1.807) is 0 Å². The Hall–Kier alpha value is -0.570. The number of nitrogens with one attached hydrogen (secondary N) is 1. The van der Waals surface area contributed by atoms with Gasteiger partial charge in [-0.1, -0.05) is 0 Å². The van der Waals surface area contributed by atoms with Crippen LogP contribution in [0.5, 0.6) is 0 Å². The number of rotatable bonds is 3. The van der Waals surface area contributed by atoms with Crippen molar-refractivity contribution in [1.82, 2.24) is 5.32 Å². The molecular formula is C11H21NO2. The maximum absolute atomic E-state index is 11.5. The van der Waals surface area contributed by atoms with Crippen molar-refractivity contribution in [2.24, 2.45) is 0 Å². The maximum Gasteiger partial charge on any atom is 0.246 e. The Bertz CT molecular complexity index is 214. The van der Waals surface area contributed by atoms with Gasteiger partial charge in [-0.3, -0.25) is 4.79 Å². The smallest absolute Gasteiger partial charge is 0.246 e. The molecule has 1 saturated carbocycles. The standard InChI is InChI=1S/C11H21NO2/c1-10(2,3)14-8-9(13)12-11(4)6-5-7-11/h5-8H2,1-4H3,(H,12,13). The lowest BCUT2D eigenvalue weighted by molar-refractivity contribution is -0.133. The summed E-state index contributed by atoms with van der Waals surface area (Å²) in [6.45, 7) is 8.10. The zero-order valence-electron chi connectivity index (χ0n) is 9.64. The van der Waals surface area contributed by atoms with Crippen LogP contribution < -0.4 is 5.32 Å². The monoisotopic (exact) mass is 199 g/mol. The predicted octanol–water partition coefficient (Wildman–Crippen LogP) is 1.86. The van der Waals surface area contributed by atoms with Crippen molar-refractivity contribution in [2.45, 2.75) is 58.1 Å². The Kier molecular flexibility index (Phi) is 3.20. The van der Waals surface area contributed by atoms with Gasteiger partial charge in [0.15, 0.2) is 0 Å². The summed E-state index contributed by atoms with van der Waals surface area (Å²) in [5, 5.41) is 3.00. The molecular weight excluding hydrogens is 178 g/mol. The van der Waals surface area contributed by atoms with Gasteiger partial charge in [0.25, 0.3) is 0 Å². The Labute approximate surface area is 86.2 Å². The maximum atomic E-state index is 11.5. The van der Waals surface area contributed by atoms with Gasteiger partial charge >= 0.3 is 0 Å². The van der Waals surface area contributed by atoms with E-state index in [-0.39, 0.29) is 23.7 Å². The van der Waals surface area contributed by atoms with Gasteiger partial charge in [-0.25, -0.2) is 0 Å². The molecule has 0 bridgehead atoms. The van der Waals surface area contributed by atoms with Gasteiger partial charge in [0.1, 0.15) is 6.61 Å². The summed E-state index contributed by atoms with van der Waals surface area (Å²) in [6, 6.07) is 0. The van der Waals surface area contributed by atoms with E-state index < -0.39 is 0 Å². The highest BCUT2D eigenvalue weighted by atomic mass is 16.5. The van der Waals surface area contributed by atoms with Crippen molar-refractivity contribution >= 4 is 5.91 Å². The molecule has 0 saturated heterocycles. The molecule has 0 spiro atoms. The van der Waals surface area contributed by atoms with Crippen LogP contribution in [0, 0.1) is 0 Å². The highest BCUT2D eigenvalue weighted by molar-refractivity contribution is 5.78. The molecule has 1 amide bonds. The summed E-state index contributed by atoms with van der Waals surface area (Å²) in [4.78, 5) is 11.5. The van der Waals surface area contributed by atoms with E-state index in [1.807, 2.05) is 20.8 Å². The lowest BCUT2D eigenvalue weighted by atomic mass is 9.78. The summed E-state index contributed by atoms with van der Waals surface area (Å²) in [6.07, 6.45) is 3.40. The number of amides is 1. The average Bonchev–Trinajstić information content (AvgIpc) is 1.97. The van der Waals surface area contributed by atoms with E-state index in [0.717, 1.165) is 12.8 Å². The summed E-state index contributed by atoms with van der Waals surface area (Å²) in [5.41, 5.74) is -0.198. The Morgan fingerprint density at radius 1 is 1.43 bits per heavy atom. The highest BCUT2D eigenvalue weighted by Crippen LogP contribution is 2.30. The van der Waals surface area contributed by atoms with Crippen LogP contribution in [0.15, 0.2) is 0 Å². The lowest BCUT2D eigenvalue weighted by Crippen LogP contribution is -2.52. The normalized spacial score (nSPS) is 20.0. The second-order valence-corrected chi connectivity index (χ2v) is 5.36. The van der Waals surface area contributed by atoms with Crippen molar-refractivity contribution < 1.29 is 9.53 Å². The number of hydrogen-bond donors (Lipinski definition) is 1. The molecule has 3 heteroatoms. The summed E-state index contributed by atoms with van der Waals surface area (Å²) >= 11 is 0. The molecule has 1 rings (SSSR count). The van der Waals surface area contributed by atoms with E-state index in [0.29, 0.717) is 0 Å². The molecule has 1 fully saturated rings. The SMILES string of the molecule is CC1(NC(=O)COC(C)(C)C)CCC1. The van der Waals surface area contributed by atoms with Gasteiger partial charge in [-0.15, -0.1) is 0 Å². The van der Waals surface area contributed by atoms with Crippen LogP contribution in [0.2, 0.25) is 0 Å². The summed E-state index contributed by atoms with van der Waals surface area (Å²) in [5.74, 6) is 0.00197. The first kappa shape index (κ1) is 11.5. The first-order valence-electron chi connectivity index (χ1n) is 5.26. The summed E-state index contributed by atoms with van der Waals surface area (Å²) < 4.78 is 5.39. The topological polar surface area (TPSA) is 38.3 Å². The van der Waals surface area contributed by atoms with Crippen molar-refractivity contribution in [2.75, 3.05) is 6.61 Å². The minimum atomic E-state index is -0.238. The molecule has 0 aromatic heterocycles. The van der Waals surface area contributed by atoms with Crippen molar-refractivity contribution in [3.05, 3.63) is 0 Å². The second kappa shape index (κ2) is 3.89. The number of carbonyl (C=O) groups is 1. The number of ether oxygens (including phenoxy) is 1. The minimum absolute atomic E-state index is 0.00197. The molecule has 1 aliphatic carbocycles. The molecule has 0 aliphatic heterocycles. The first-order chi connectivity index (χ1) is 6.31. The third kappa shape index (κ3) is 3.66. The zero-order chi connectivity index (χ0) is 10.8. The quantitative estimate of drug-likeness (QED) is 0.753. The molecule has 1 aliphatic rings. The molecule has 0 aromatic rings.